The van der Waals surface area contributed by atoms with Gasteiger partial charge in [-0.15, -0.1) is 0 Å². The standard InChI is InChI=1S/C26H26O4/c1-6-16-11-21-17-7-9-20(25(12(17)2)29-14(4)27)24-22(16)18-8-10-19(23(21)24)26(13(18)3)30-15(5)28/h7-11,14-15,27-28H,6H2,1-5H3. The van der Waals surface area contributed by atoms with Crippen LogP contribution in [0.25, 0.3) is 44.5 Å². The number of aliphatic hydroxyl groups is 2. The first-order chi connectivity index (χ1) is 14.3. The second-order valence-corrected chi connectivity index (χ2v) is 8.23. The van der Waals surface area contributed by atoms with Crippen LogP contribution in [0.3, 0.4) is 0 Å². The molecule has 4 heteroatoms. The number of aryl methyl sites for hydroxylation is 1. The quantitative estimate of drug-likeness (QED) is 0.376. The van der Waals surface area contributed by atoms with E-state index in [1.54, 1.807) is 13.8 Å². The average Bonchev–Trinajstić information content (AvgIpc) is 2.94. The maximum Gasteiger partial charge on any atom is 0.194 e. The molecule has 3 aromatic carbocycles. The van der Waals surface area contributed by atoms with E-state index in [0.29, 0.717) is 0 Å². The van der Waals surface area contributed by atoms with Crippen molar-refractivity contribution in [3.8, 4) is 56.0 Å². The molecule has 2 N–H and O–H groups in total. The maximum absolute atomic E-state index is 10.0. The van der Waals surface area contributed by atoms with Gasteiger partial charge < -0.3 is 19.7 Å². The highest BCUT2D eigenvalue weighted by atomic mass is 16.6. The molecular formula is C26H26O4. The minimum absolute atomic E-state index is 0.728. The fourth-order valence-corrected chi connectivity index (χ4v) is 5.07. The Balaban J connectivity index is 1.95. The van der Waals surface area contributed by atoms with Gasteiger partial charge in [-0.1, -0.05) is 19.1 Å². The summed E-state index contributed by atoms with van der Waals surface area (Å²) in [6.45, 7) is 9.55. The van der Waals surface area contributed by atoms with E-state index in [2.05, 4.69) is 44.2 Å². The van der Waals surface area contributed by atoms with Crippen molar-refractivity contribution >= 4 is 0 Å². The van der Waals surface area contributed by atoms with Crippen molar-refractivity contribution < 1.29 is 19.7 Å². The van der Waals surface area contributed by atoms with Crippen LogP contribution in [0.2, 0.25) is 0 Å². The number of rotatable bonds is 5. The van der Waals surface area contributed by atoms with Gasteiger partial charge in [0.25, 0.3) is 0 Å². The minimum atomic E-state index is -0.902. The van der Waals surface area contributed by atoms with E-state index < -0.39 is 12.6 Å². The summed E-state index contributed by atoms with van der Waals surface area (Å²) in [6, 6.07) is 10.8. The number of ether oxygens (including phenoxy) is 2. The summed E-state index contributed by atoms with van der Waals surface area (Å²) < 4.78 is 11.9. The third-order valence-electron chi connectivity index (χ3n) is 6.28. The number of fused-ring (bicyclic) bond motifs is 4. The van der Waals surface area contributed by atoms with Gasteiger partial charge in [0.15, 0.2) is 12.6 Å². The van der Waals surface area contributed by atoms with Crippen LogP contribution in [0.1, 0.15) is 37.5 Å². The van der Waals surface area contributed by atoms with Gasteiger partial charge in [-0.05, 0) is 91.3 Å². The lowest BCUT2D eigenvalue weighted by molar-refractivity contribution is -0.000897. The van der Waals surface area contributed by atoms with Crippen molar-refractivity contribution in [2.45, 2.75) is 53.6 Å². The topological polar surface area (TPSA) is 58.9 Å². The summed E-state index contributed by atoms with van der Waals surface area (Å²) in [5, 5.41) is 20.0. The summed E-state index contributed by atoms with van der Waals surface area (Å²) >= 11 is 0. The zero-order valence-corrected chi connectivity index (χ0v) is 18.0. The van der Waals surface area contributed by atoms with E-state index in [1.807, 2.05) is 6.92 Å². The molecule has 8 bridgehead atoms. The van der Waals surface area contributed by atoms with Crippen molar-refractivity contribution in [1.29, 1.82) is 0 Å². The molecule has 0 spiro atoms. The molecule has 30 heavy (non-hydrogen) atoms. The van der Waals surface area contributed by atoms with Gasteiger partial charge in [0, 0.05) is 22.3 Å². The van der Waals surface area contributed by atoms with Gasteiger partial charge in [-0.2, -0.15) is 0 Å². The molecule has 4 nitrogen and oxygen atoms in total. The largest absolute Gasteiger partial charge is 0.465 e. The summed E-state index contributed by atoms with van der Waals surface area (Å²) in [5.74, 6) is 1.46. The third-order valence-corrected chi connectivity index (χ3v) is 6.28. The van der Waals surface area contributed by atoms with Gasteiger partial charge in [0.1, 0.15) is 11.5 Å². The Morgan fingerprint density at radius 3 is 1.77 bits per heavy atom. The number of hydrogen-bond acceptors (Lipinski definition) is 4. The molecule has 0 saturated carbocycles. The van der Waals surface area contributed by atoms with Crippen molar-refractivity contribution in [1.82, 2.24) is 0 Å². The molecule has 2 unspecified atom stereocenters. The van der Waals surface area contributed by atoms with Gasteiger partial charge >= 0.3 is 0 Å². The van der Waals surface area contributed by atoms with E-state index in [9.17, 15) is 10.2 Å². The SMILES string of the molecule is CCc1cc2c3c(c1-c1ccc-3c(OC(C)O)c1C)-c1ccc-2c(C)c1OC(C)O. The second-order valence-electron chi connectivity index (χ2n) is 8.23. The zero-order chi connectivity index (χ0) is 21.3. The first kappa shape index (κ1) is 19.2. The molecule has 3 aromatic rings. The molecule has 0 aromatic heterocycles. The summed E-state index contributed by atoms with van der Waals surface area (Å²) in [6.07, 6.45) is -0.906. The Bertz CT molecular complexity index is 1200. The highest BCUT2D eigenvalue weighted by molar-refractivity contribution is 6.11. The van der Waals surface area contributed by atoms with E-state index >= 15 is 0 Å². The first-order valence-electron chi connectivity index (χ1n) is 10.5. The van der Waals surface area contributed by atoms with Crippen LogP contribution in [-0.2, 0) is 6.42 Å². The number of aliphatic hydroxyl groups excluding tert-OH is 2. The van der Waals surface area contributed by atoms with E-state index in [4.69, 9.17) is 9.47 Å². The minimum Gasteiger partial charge on any atom is -0.465 e. The average molecular weight is 402 g/mol. The van der Waals surface area contributed by atoms with Crippen LogP contribution in [0.15, 0.2) is 30.3 Å². The van der Waals surface area contributed by atoms with E-state index in [-0.39, 0.29) is 0 Å². The van der Waals surface area contributed by atoms with Gasteiger partial charge in [0.05, 0.1) is 0 Å². The third kappa shape index (κ3) is 2.47. The molecule has 0 amide bonds. The molecule has 4 aliphatic carbocycles. The predicted octanol–water partition coefficient (Wildman–Crippen LogP) is 5.59. The summed E-state index contributed by atoms with van der Waals surface area (Å²) in [7, 11) is 0. The summed E-state index contributed by atoms with van der Waals surface area (Å²) in [4.78, 5) is 0. The smallest absolute Gasteiger partial charge is 0.194 e. The van der Waals surface area contributed by atoms with Gasteiger partial charge in [-0.3, -0.25) is 0 Å². The second kappa shape index (κ2) is 6.59. The van der Waals surface area contributed by atoms with E-state index in [1.165, 1.54) is 11.1 Å². The maximum atomic E-state index is 10.0. The fourth-order valence-electron chi connectivity index (χ4n) is 5.07. The Morgan fingerprint density at radius 2 is 1.20 bits per heavy atom. The van der Waals surface area contributed by atoms with Crippen LogP contribution < -0.4 is 9.47 Å². The molecule has 0 radical (unpaired) electrons. The van der Waals surface area contributed by atoms with Crippen LogP contribution in [-0.4, -0.2) is 22.8 Å². The first-order valence-corrected chi connectivity index (χ1v) is 10.5. The molecule has 0 heterocycles. The fraction of sp³-hybridized carbons (Fsp3) is 0.308. The number of hydrogen-bond donors (Lipinski definition) is 2. The highest BCUT2D eigenvalue weighted by Gasteiger charge is 2.34. The van der Waals surface area contributed by atoms with E-state index in [0.717, 1.165) is 68.0 Å². The molecule has 2 atom stereocenters. The lowest BCUT2D eigenvalue weighted by Gasteiger charge is -2.19. The van der Waals surface area contributed by atoms with Crippen molar-refractivity contribution in [2.24, 2.45) is 0 Å². The highest BCUT2D eigenvalue weighted by Crippen LogP contribution is 2.59. The molecule has 4 aliphatic rings. The Labute approximate surface area is 176 Å². The van der Waals surface area contributed by atoms with Crippen molar-refractivity contribution in [2.75, 3.05) is 0 Å². The Kier molecular flexibility index (Phi) is 4.21. The predicted molar refractivity (Wildman–Crippen MR) is 119 cm³/mol. The molecule has 154 valence electrons. The summed E-state index contributed by atoms with van der Waals surface area (Å²) in [5.41, 5.74) is 12.1. The van der Waals surface area contributed by atoms with Crippen LogP contribution >= 0.6 is 0 Å². The molecule has 0 fully saturated rings. The monoisotopic (exact) mass is 402 g/mol. The Morgan fingerprint density at radius 1 is 0.700 bits per heavy atom. The lowest BCUT2D eigenvalue weighted by atomic mass is 9.86. The molecular weight excluding hydrogens is 376 g/mol. The van der Waals surface area contributed by atoms with Gasteiger partial charge in [0.2, 0.25) is 0 Å². The van der Waals surface area contributed by atoms with Crippen LogP contribution in [0, 0.1) is 13.8 Å². The van der Waals surface area contributed by atoms with Crippen LogP contribution in [0.4, 0.5) is 0 Å². The van der Waals surface area contributed by atoms with Gasteiger partial charge in [-0.25, -0.2) is 0 Å². The molecule has 0 saturated heterocycles. The zero-order valence-electron chi connectivity index (χ0n) is 18.0. The molecule has 0 aliphatic heterocycles. The van der Waals surface area contributed by atoms with Crippen molar-refractivity contribution in [3.63, 3.8) is 0 Å². The Hall–Kier alpha value is -2.82. The number of benzene rings is 3. The lowest BCUT2D eigenvalue weighted by Crippen LogP contribution is -2.11. The van der Waals surface area contributed by atoms with Crippen molar-refractivity contribution in [3.05, 3.63) is 47.0 Å². The molecule has 7 rings (SSSR count). The van der Waals surface area contributed by atoms with Crippen LogP contribution in [0.5, 0.6) is 11.5 Å². The normalized spacial score (nSPS) is 14.4.